The Kier molecular flexibility index (Phi) is 6.66. The van der Waals surface area contributed by atoms with Crippen LogP contribution >= 0.6 is 23.2 Å². The molecule has 0 aliphatic carbocycles. The number of benzene rings is 1. The highest BCUT2D eigenvalue weighted by Gasteiger charge is 2.26. The van der Waals surface area contributed by atoms with Crippen molar-refractivity contribution in [3.63, 3.8) is 0 Å². The zero-order valence-corrected chi connectivity index (χ0v) is 17.9. The van der Waals surface area contributed by atoms with Crippen LogP contribution < -0.4 is 10.2 Å². The summed E-state index contributed by atoms with van der Waals surface area (Å²) >= 11 is 12.1. The SMILES string of the molecule is CCn1c(C)c(-n2ccc(OCC(F)F)n2)c(=O)c(C(=O)O)c1-c1ccc(Cl)c(Cl)c1. The molecule has 164 valence electrons. The summed E-state index contributed by atoms with van der Waals surface area (Å²) in [6.07, 6.45) is -1.34. The largest absolute Gasteiger partial charge is 0.477 e. The van der Waals surface area contributed by atoms with Gasteiger partial charge in [-0.3, -0.25) is 4.79 Å². The number of nitrogens with zero attached hydrogens (tertiary/aromatic N) is 3. The molecule has 3 aromatic rings. The van der Waals surface area contributed by atoms with Crippen LogP contribution in [0.3, 0.4) is 0 Å². The molecule has 0 radical (unpaired) electrons. The van der Waals surface area contributed by atoms with Gasteiger partial charge in [-0.05, 0) is 26.0 Å². The lowest BCUT2D eigenvalue weighted by Gasteiger charge is -2.21. The summed E-state index contributed by atoms with van der Waals surface area (Å²) < 4.78 is 32.4. The van der Waals surface area contributed by atoms with Gasteiger partial charge in [-0.2, -0.15) is 0 Å². The normalized spacial score (nSPS) is 11.2. The number of carboxylic acid groups (broad SMARTS) is 1. The van der Waals surface area contributed by atoms with Crippen LogP contribution in [0.2, 0.25) is 10.0 Å². The maximum Gasteiger partial charge on any atom is 0.341 e. The molecule has 11 heteroatoms. The van der Waals surface area contributed by atoms with Crippen molar-refractivity contribution < 1.29 is 23.4 Å². The third-order valence-corrected chi connectivity index (χ3v) is 5.31. The molecule has 7 nitrogen and oxygen atoms in total. The van der Waals surface area contributed by atoms with Gasteiger partial charge in [0.1, 0.15) is 11.3 Å². The Morgan fingerprint density at radius 1 is 1.26 bits per heavy atom. The predicted molar refractivity (Wildman–Crippen MR) is 112 cm³/mol. The molecule has 0 aliphatic rings. The first-order valence-electron chi connectivity index (χ1n) is 9.08. The van der Waals surface area contributed by atoms with E-state index in [0.717, 1.165) is 4.68 Å². The number of hydrogen-bond acceptors (Lipinski definition) is 4. The lowest BCUT2D eigenvalue weighted by Crippen LogP contribution is -2.28. The molecule has 31 heavy (non-hydrogen) atoms. The monoisotopic (exact) mass is 471 g/mol. The van der Waals surface area contributed by atoms with Crippen molar-refractivity contribution in [2.24, 2.45) is 0 Å². The molecule has 0 saturated heterocycles. The van der Waals surface area contributed by atoms with E-state index >= 15 is 0 Å². The minimum Gasteiger partial charge on any atom is -0.477 e. The van der Waals surface area contributed by atoms with Gasteiger partial charge in [0.25, 0.3) is 6.43 Å². The second-order valence-corrected chi connectivity index (χ2v) is 7.28. The molecule has 2 heterocycles. The molecule has 1 aromatic carbocycles. The Bertz CT molecular complexity index is 1210. The van der Waals surface area contributed by atoms with Crippen LogP contribution in [0.4, 0.5) is 8.78 Å². The van der Waals surface area contributed by atoms with Crippen LogP contribution in [0.1, 0.15) is 23.0 Å². The van der Waals surface area contributed by atoms with Crippen molar-refractivity contribution in [1.82, 2.24) is 14.3 Å². The van der Waals surface area contributed by atoms with Gasteiger partial charge in [0.15, 0.2) is 6.61 Å². The van der Waals surface area contributed by atoms with E-state index in [0.29, 0.717) is 17.8 Å². The molecule has 0 saturated carbocycles. The molecule has 0 unspecified atom stereocenters. The van der Waals surface area contributed by atoms with Crippen molar-refractivity contribution >= 4 is 29.2 Å². The molecule has 0 aliphatic heterocycles. The van der Waals surface area contributed by atoms with Crippen molar-refractivity contribution in [3.05, 3.63) is 62.0 Å². The Balaban J connectivity index is 2.27. The zero-order valence-electron chi connectivity index (χ0n) is 16.4. The van der Waals surface area contributed by atoms with E-state index in [9.17, 15) is 23.5 Å². The smallest absolute Gasteiger partial charge is 0.341 e. The van der Waals surface area contributed by atoms with Crippen molar-refractivity contribution in [2.45, 2.75) is 26.8 Å². The van der Waals surface area contributed by atoms with E-state index < -0.39 is 30.0 Å². The number of aromatic carboxylic acids is 1. The first kappa shape index (κ1) is 22.8. The Morgan fingerprint density at radius 3 is 2.55 bits per heavy atom. The minimum atomic E-state index is -2.69. The summed E-state index contributed by atoms with van der Waals surface area (Å²) in [6.45, 7) is 2.89. The molecule has 0 spiro atoms. The minimum absolute atomic E-state index is 0.0324. The summed E-state index contributed by atoms with van der Waals surface area (Å²) in [7, 11) is 0. The number of pyridine rings is 1. The third kappa shape index (κ3) is 4.42. The maximum atomic E-state index is 13.2. The number of ether oxygens (including phenoxy) is 1. The fraction of sp³-hybridized carbons (Fsp3) is 0.250. The molecule has 3 rings (SSSR count). The summed E-state index contributed by atoms with van der Waals surface area (Å²) in [4.78, 5) is 25.3. The van der Waals surface area contributed by atoms with Gasteiger partial charge in [-0.15, -0.1) is 5.10 Å². The highest BCUT2D eigenvalue weighted by Crippen LogP contribution is 2.31. The second kappa shape index (κ2) is 9.07. The van der Waals surface area contributed by atoms with Gasteiger partial charge in [0, 0.05) is 30.1 Å². The van der Waals surface area contributed by atoms with Gasteiger partial charge in [0.2, 0.25) is 11.3 Å². The first-order chi connectivity index (χ1) is 14.6. The van der Waals surface area contributed by atoms with Gasteiger partial charge in [0.05, 0.1) is 15.7 Å². The van der Waals surface area contributed by atoms with Gasteiger partial charge >= 0.3 is 5.97 Å². The van der Waals surface area contributed by atoms with E-state index in [1.54, 1.807) is 24.5 Å². The van der Waals surface area contributed by atoms with E-state index in [1.807, 2.05) is 0 Å². The molecule has 0 bridgehead atoms. The molecule has 0 atom stereocenters. The molecule has 2 aromatic heterocycles. The van der Waals surface area contributed by atoms with Gasteiger partial charge < -0.3 is 14.4 Å². The van der Waals surface area contributed by atoms with Crippen LogP contribution in [0.15, 0.2) is 35.3 Å². The Morgan fingerprint density at radius 2 is 1.97 bits per heavy atom. The zero-order chi connectivity index (χ0) is 22.9. The van der Waals surface area contributed by atoms with Crippen molar-refractivity contribution in [2.75, 3.05) is 6.61 Å². The lowest BCUT2D eigenvalue weighted by molar-refractivity contribution is 0.0695. The third-order valence-electron chi connectivity index (χ3n) is 4.57. The number of carboxylic acids is 1. The number of alkyl halides is 2. The lowest BCUT2D eigenvalue weighted by atomic mass is 10.0. The first-order valence-corrected chi connectivity index (χ1v) is 9.84. The van der Waals surface area contributed by atoms with E-state index in [1.165, 1.54) is 24.4 Å². The molecule has 0 fully saturated rings. The number of rotatable bonds is 7. The van der Waals surface area contributed by atoms with Gasteiger partial charge in [-0.1, -0.05) is 29.3 Å². The van der Waals surface area contributed by atoms with Crippen LogP contribution in [0, 0.1) is 6.92 Å². The van der Waals surface area contributed by atoms with Gasteiger partial charge in [-0.25, -0.2) is 18.3 Å². The molecular weight excluding hydrogens is 455 g/mol. The van der Waals surface area contributed by atoms with Crippen LogP contribution in [-0.4, -0.2) is 38.5 Å². The van der Waals surface area contributed by atoms with Crippen LogP contribution in [-0.2, 0) is 6.54 Å². The Hall–Kier alpha value is -2.91. The average Bonchev–Trinajstić information content (AvgIpc) is 3.16. The van der Waals surface area contributed by atoms with Crippen LogP contribution in [0.5, 0.6) is 5.88 Å². The fourth-order valence-corrected chi connectivity index (χ4v) is 3.58. The standard InChI is InChI=1S/C20H17Cl2F2N3O4/c1-3-26-10(2)17(27-7-6-15(25-27)31-9-14(23)24)19(28)16(20(29)30)18(26)11-4-5-12(21)13(22)8-11/h4-8,14H,3,9H2,1-2H3,(H,29,30). The number of hydrogen-bond donors (Lipinski definition) is 1. The summed E-state index contributed by atoms with van der Waals surface area (Å²) in [6, 6.07) is 5.88. The topological polar surface area (TPSA) is 86.4 Å². The molecule has 0 amide bonds. The van der Waals surface area contributed by atoms with Crippen molar-refractivity contribution in [1.29, 1.82) is 0 Å². The highest BCUT2D eigenvalue weighted by molar-refractivity contribution is 6.42. The molecular formula is C20H17Cl2F2N3O4. The Labute approximate surface area is 185 Å². The molecule has 1 N–H and O–H groups in total. The van der Waals surface area contributed by atoms with Crippen molar-refractivity contribution in [3.8, 4) is 22.8 Å². The average molecular weight is 472 g/mol. The number of carbonyl (C=O) groups is 1. The number of halogens is 4. The highest BCUT2D eigenvalue weighted by atomic mass is 35.5. The fourth-order valence-electron chi connectivity index (χ4n) is 3.28. The summed E-state index contributed by atoms with van der Waals surface area (Å²) in [5.74, 6) is -1.55. The van der Waals surface area contributed by atoms with E-state index in [2.05, 4.69) is 5.10 Å². The number of aromatic nitrogens is 3. The quantitative estimate of drug-likeness (QED) is 0.540. The van der Waals surface area contributed by atoms with Crippen LogP contribution in [0.25, 0.3) is 16.9 Å². The van der Waals surface area contributed by atoms with E-state index in [4.69, 9.17) is 27.9 Å². The summed E-state index contributed by atoms with van der Waals surface area (Å²) in [5, 5.41) is 14.3. The summed E-state index contributed by atoms with van der Waals surface area (Å²) in [5.41, 5.74) is -0.314. The second-order valence-electron chi connectivity index (χ2n) is 6.47. The maximum absolute atomic E-state index is 13.2. The predicted octanol–water partition coefficient (Wildman–Crippen LogP) is 4.68. The van der Waals surface area contributed by atoms with E-state index in [-0.39, 0.29) is 27.3 Å².